The monoisotopic (exact) mass is 408 g/mol. The Hall–Kier alpha value is -3.33. The van der Waals surface area contributed by atoms with E-state index in [1.54, 1.807) is 12.1 Å². The summed E-state index contributed by atoms with van der Waals surface area (Å²) in [5, 5.41) is 14.3. The number of nitro benzene ring substituents is 1. The van der Waals surface area contributed by atoms with Crippen molar-refractivity contribution in [2.24, 2.45) is 0 Å². The van der Waals surface area contributed by atoms with Crippen LogP contribution < -0.4 is 14.8 Å². The number of methoxy groups -OCH3 is 2. The first-order chi connectivity index (χ1) is 13.3. The Bertz CT molecular complexity index is 917. The zero-order valence-corrected chi connectivity index (χ0v) is 16.0. The van der Waals surface area contributed by atoms with Crippen LogP contribution in [-0.2, 0) is 9.53 Å². The van der Waals surface area contributed by atoms with E-state index >= 15 is 0 Å². The van der Waals surface area contributed by atoms with E-state index in [1.807, 2.05) is 0 Å². The molecule has 0 saturated carbocycles. The first-order valence-corrected chi connectivity index (χ1v) is 8.32. The van der Waals surface area contributed by atoms with E-state index in [2.05, 4.69) is 10.1 Å². The molecule has 0 fully saturated rings. The molecule has 28 heavy (non-hydrogen) atoms. The molecule has 2 aromatic carbocycles. The summed E-state index contributed by atoms with van der Waals surface area (Å²) in [6.45, 7) is 1.42. The van der Waals surface area contributed by atoms with Crippen LogP contribution in [0.4, 0.5) is 11.4 Å². The molecule has 1 amide bonds. The average Bonchev–Trinajstić information content (AvgIpc) is 2.67. The van der Waals surface area contributed by atoms with Crippen LogP contribution >= 0.6 is 11.6 Å². The van der Waals surface area contributed by atoms with Crippen molar-refractivity contribution in [3.8, 4) is 11.5 Å². The molecule has 0 radical (unpaired) electrons. The summed E-state index contributed by atoms with van der Waals surface area (Å²) in [7, 11) is 2.60. The highest BCUT2D eigenvalue weighted by atomic mass is 35.5. The maximum atomic E-state index is 12.4. The number of nitro groups is 1. The molecule has 2 rings (SSSR count). The summed E-state index contributed by atoms with van der Waals surface area (Å²) in [5.74, 6) is -1.09. The molecule has 0 aliphatic carbocycles. The highest BCUT2D eigenvalue weighted by molar-refractivity contribution is 6.31. The van der Waals surface area contributed by atoms with Crippen molar-refractivity contribution in [2.45, 2.75) is 13.0 Å². The van der Waals surface area contributed by atoms with Crippen LogP contribution in [0, 0.1) is 10.1 Å². The minimum Gasteiger partial charge on any atom is -0.495 e. The SMILES string of the molecule is COC(=O)c1ccc(O[C@H](C)C(=O)Nc2cc(Cl)ccc2OC)c([N+](=O)[O-])c1. The smallest absolute Gasteiger partial charge is 0.338 e. The second-order valence-electron chi connectivity index (χ2n) is 5.53. The predicted octanol–water partition coefficient (Wildman–Crippen LogP) is 3.45. The Morgan fingerprint density at radius 2 is 1.82 bits per heavy atom. The summed E-state index contributed by atoms with van der Waals surface area (Å²) in [6, 6.07) is 8.24. The van der Waals surface area contributed by atoms with Gasteiger partial charge in [0.05, 0.1) is 30.4 Å². The zero-order chi connectivity index (χ0) is 20.8. The molecule has 148 valence electrons. The minimum atomic E-state index is -1.09. The van der Waals surface area contributed by atoms with Crippen LogP contribution in [0.2, 0.25) is 5.02 Å². The minimum absolute atomic E-state index is 0.0117. The van der Waals surface area contributed by atoms with Gasteiger partial charge >= 0.3 is 11.7 Å². The van der Waals surface area contributed by atoms with Gasteiger partial charge in [-0.05, 0) is 37.3 Å². The normalized spacial score (nSPS) is 11.3. The van der Waals surface area contributed by atoms with Crippen molar-refractivity contribution in [3.05, 3.63) is 57.1 Å². The number of hydrogen-bond acceptors (Lipinski definition) is 7. The maximum absolute atomic E-state index is 12.4. The Morgan fingerprint density at radius 3 is 2.43 bits per heavy atom. The molecular weight excluding hydrogens is 392 g/mol. The number of halogens is 1. The fourth-order valence-electron chi connectivity index (χ4n) is 2.26. The van der Waals surface area contributed by atoms with Crippen LogP contribution in [0.3, 0.4) is 0 Å². The molecule has 0 spiro atoms. The Kier molecular flexibility index (Phi) is 6.78. The van der Waals surface area contributed by atoms with E-state index in [1.165, 1.54) is 32.2 Å². The number of esters is 1. The van der Waals surface area contributed by atoms with Gasteiger partial charge in [0, 0.05) is 11.1 Å². The van der Waals surface area contributed by atoms with Crippen LogP contribution in [0.15, 0.2) is 36.4 Å². The topological polar surface area (TPSA) is 117 Å². The maximum Gasteiger partial charge on any atom is 0.338 e. The third-order valence-corrected chi connectivity index (χ3v) is 3.90. The lowest BCUT2D eigenvalue weighted by atomic mass is 10.2. The molecular formula is C18H17ClN2O7. The highest BCUT2D eigenvalue weighted by Crippen LogP contribution is 2.30. The molecule has 0 aromatic heterocycles. The van der Waals surface area contributed by atoms with Gasteiger partial charge in [-0.15, -0.1) is 0 Å². The number of ether oxygens (including phenoxy) is 3. The summed E-state index contributed by atoms with van der Waals surface area (Å²) in [6.07, 6.45) is -1.09. The van der Waals surface area contributed by atoms with E-state index < -0.39 is 28.6 Å². The van der Waals surface area contributed by atoms with E-state index in [-0.39, 0.29) is 11.3 Å². The molecule has 0 unspecified atom stereocenters. The lowest BCUT2D eigenvalue weighted by Crippen LogP contribution is -2.30. The first kappa shape index (κ1) is 21.0. The fourth-order valence-corrected chi connectivity index (χ4v) is 2.43. The molecule has 0 saturated heterocycles. The average molecular weight is 409 g/mol. The Labute approximate surface area is 165 Å². The van der Waals surface area contributed by atoms with E-state index in [4.69, 9.17) is 21.1 Å². The summed E-state index contributed by atoms with van der Waals surface area (Å²) in [4.78, 5) is 34.5. The summed E-state index contributed by atoms with van der Waals surface area (Å²) >= 11 is 5.92. The van der Waals surface area contributed by atoms with Crippen molar-refractivity contribution < 1.29 is 28.7 Å². The third-order valence-electron chi connectivity index (χ3n) is 3.67. The molecule has 0 bridgehead atoms. The number of rotatable bonds is 7. The molecule has 1 N–H and O–H groups in total. The van der Waals surface area contributed by atoms with Gasteiger partial charge in [-0.3, -0.25) is 14.9 Å². The van der Waals surface area contributed by atoms with Crippen molar-refractivity contribution >= 4 is 34.9 Å². The van der Waals surface area contributed by atoms with Gasteiger partial charge in [0.25, 0.3) is 5.91 Å². The number of hydrogen-bond donors (Lipinski definition) is 1. The third kappa shape index (κ3) is 4.89. The molecule has 10 heteroatoms. The van der Waals surface area contributed by atoms with Gasteiger partial charge in [-0.2, -0.15) is 0 Å². The molecule has 0 aliphatic heterocycles. The quantitative estimate of drug-likeness (QED) is 0.423. The highest BCUT2D eigenvalue weighted by Gasteiger charge is 2.24. The number of anilines is 1. The second kappa shape index (κ2) is 9.05. The molecule has 0 heterocycles. The van der Waals surface area contributed by atoms with Gasteiger partial charge in [0.2, 0.25) is 0 Å². The van der Waals surface area contributed by atoms with Gasteiger partial charge in [-0.1, -0.05) is 11.6 Å². The summed E-state index contributed by atoms with van der Waals surface area (Å²) < 4.78 is 15.1. The zero-order valence-electron chi connectivity index (χ0n) is 15.2. The van der Waals surface area contributed by atoms with Crippen LogP contribution in [0.5, 0.6) is 11.5 Å². The van der Waals surface area contributed by atoms with Gasteiger partial charge in [-0.25, -0.2) is 4.79 Å². The number of benzene rings is 2. The van der Waals surface area contributed by atoms with Crippen LogP contribution in [0.1, 0.15) is 17.3 Å². The molecule has 1 atom stereocenters. The van der Waals surface area contributed by atoms with Gasteiger partial charge < -0.3 is 19.5 Å². The lowest BCUT2D eigenvalue weighted by molar-refractivity contribution is -0.386. The van der Waals surface area contributed by atoms with Crippen molar-refractivity contribution in [1.82, 2.24) is 0 Å². The Balaban J connectivity index is 2.21. The molecule has 0 aliphatic rings. The van der Waals surface area contributed by atoms with Crippen LogP contribution in [0.25, 0.3) is 0 Å². The fraction of sp³-hybridized carbons (Fsp3) is 0.222. The Morgan fingerprint density at radius 1 is 1.14 bits per heavy atom. The number of carbonyl (C=O) groups excluding carboxylic acids is 2. The van der Waals surface area contributed by atoms with Gasteiger partial charge in [0.1, 0.15) is 5.75 Å². The van der Waals surface area contributed by atoms with Crippen molar-refractivity contribution in [1.29, 1.82) is 0 Å². The van der Waals surface area contributed by atoms with Crippen molar-refractivity contribution in [2.75, 3.05) is 19.5 Å². The number of carbonyl (C=O) groups is 2. The standard InChI is InChI=1S/C18H17ClN2O7/c1-10(17(22)20-13-9-12(19)5-7-15(13)26-2)28-16-6-4-11(18(23)27-3)8-14(16)21(24)25/h4-10H,1-3H3,(H,20,22)/t10-/m1/s1. The molecule has 9 nitrogen and oxygen atoms in total. The molecule has 2 aromatic rings. The largest absolute Gasteiger partial charge is 0.495 e. The summed E-state index contributed by atoms with van der Waals surface area (Å²) in [5.41, 5.74) is -0.156. The van der Waals surface area contributed by atoms with Crippen LogP contribution in [-0.4, -0.2) is 37.1 Å². The number of amides is 1. The van der Waals surface area contributed by atoms with E-state index in [9.17, 15) is 19.7 Å². The van der Waals surface area contributed by atoms with E-state index in [0.29, 0.717) is 16.5 Å². The first-order valence-electron chi connectivity index (χ1n) is 7.94. The number of nitrogens with zero attached hydrogens (tertiary/aromatic N) is 1. The second-order valence-corrected chi connectivity index (χ2v) is 5.96. The predicted molar refractivity (Wildman–Crippen MR) is 101 cm³/mol. The van der Waals surface area contributed by atoms with Crippen molar-refractivity contribution in [3.63, 3.8) is 0 Å². The number of nitrogens with one attached hydrogen (secondary N) is 1. The van der Waals surface area contributed by atoms with E-state index in [0.717, 1.165) is 13.2 Å². The van der Waals surface area contributed by atoms with Gasteiger partial charge in [0.15, 0.2) is 11.9 Å². The lowest BCUT2D eigenvalue weighted by Gasteiger charge is -2.16.